The van der Waals surface area contributed by atoms with Crippen molar-refractivity contribution in [3.8, 4) is 0 Å². The van der Waals surface area contributed by atoms with Crippen LogP contribution in [0.5, 0.6) is 0 Å². The van der Waals surface area contributed by atoms with Crippen molar-refractivity contribution in [2.75, 3.05) is 0 Å². The third kappa shape index (κ3) is 7.91. The average Bonchev–Trinajstić information content (AvgIpc) is 1.68. The van der Waals surface area contributed by atoms with Crippen LogP contribution in [-0.4, -0.2) is 10.1 Å². The van der Waals surface area contributed by atoms with E-state index in [1.807, 2.05) is 0 Å². The molecule has 0 aromatic heterocycles. The monoisotopic (exact) mass is 123 g/mol. The van der Waals surface area contributed by atoms with E-state index in [0.717, 1.165) is 5.92 Å². The largest absolute Gasteiger partial charge is 2.00 e. The molecular weight excluding hydrogens is 105 g/mol. The number of rotatable bonds is 3. The molecule has 0 N–H and O–H groups in total. The first-order chi connectivity index (χ1) is 3.81. The molecule has 0 aromatic carbocycles. The van der Waals surface area contributed by atoms with E-state index in [-0.39, 0.29) is 13.0 Å². The standard InChI is InChI=1S/C8H16.Be.2H/c1-4-6-8(3)7-5-2;;;/h4,6,8H,5,7H2,1-3H3;;;/q;+2;2*-1/b6-4+;;;. The first-order valence-corrected chi connectivity index (χ1v) is 3.44. The van der Waals surface area contributed by atoms with Crippen LogP contribution in [0.3, 0.4) is 0 Å². The van der Waals surface area contributed by atoms with Crippen molar-refractivity contribution < 1.29 is 2.85 Å². The Bertz CT molecular complexity index is 74.5. The second-order valence-corrected chi connectivity index (χ2v) is 2.29. The fourth-order valence-electron chi connectivity index (χ4n) is 0.880. The van der Waals surface area contributed by atoms with E-state index in [1.165, 1.54) is 12.8 Å². The Hall–Kier alpha value is -0.0912. The van der Waals surface area contributed by atoms with Gasteiger partial charge in [0.05, 0.1) is 0 Å². The van der Waals surface area contributed by atoms with Gasteiger partial charge in [0, 0.05) is 0 Å². The Morgan fingerprint density at radius 2 is 2.11 bits per heavy atom. The van der Waals surface area contributed by atoms with Crippen molar-refractivity contribution in [3.05, 3.63) is 12.2 Å². The summed E-state index contributed by atoms with van der Waals surface area (Å²) < 4.78 is 0. The first-order valence-electron chi connectivity index (χ1n) is 3.44. The molecule has 9 heavy (non-hydrogen) atoms. The van der Waals surface area contributed by atoms with Crippen LogP contribution in [0.2, 0.25) is 0 Å². The Labute approximate surface area is 65.5 Å². The minimum atomic E-state index is 0. The van der Waals surface area contributed by atoms with Crippen LogP contribution in [-0.2, 0) is 0 Å². The van der Waals surface area contributed by atoms with Crippen LogP contribution < -0.4 is 0 Å². The molecule has 0 aliphatic carbocycles. The van der Waals surface area contributed by atoms with Crippen LogP contribution in [0.25, 0.3) is 0 Å². The zero-order valence-electron chi connectivity index (χ0n) is 8.85. The molecule has 0 radical (unpaired) electrons. The Balaban J connectivity index is -0.0000000817. The minimum absolute atomic E-state index is 0. The molecule has 0 aromatic rings. The van der Waals surface area contributed by atoms with Crippen molar-refractivity contribution >= 4 is 10.1 Å². The number of allylic oxidation sites excluding steroid dienone is 2. The number of hydrogen-bond donors (Lipinski definition) is 0. The summed E-state index contributed by atoms with van der Waals surface area (Å²) in [6.45, 7) is 6.55. The van der Waals surface area contributed by atoms with Crippen LogP contribution in [0, 0.1) is 5.92 Å². The minimum Gasteiger partial charge on any atom is -1.00 e. The third-order valence-corrected chi connectivity index (χ3v) is 1.26. The van der Waals surface area contributed by atoms with Gasteiger partial charge in [0.15, 0.2) is 0 Å². The van der Waals surface area contributed by atoms with Gasteiger partial charge in [-0.2, -0.15) is 0 Å². The van der Waals surface area contributed by atoms with Gasteiger partial charge in [0.2, 0.25) is 0 Å². The second kappa shape index (κ2) is 7.91. The first kappa shape index (κ1) is 11.7. The van der Waals surface area contributed by atoms with Gasteiger partial charge in [-0.15, -0.1) is 0 Å². The van der Waals surface area contributed by atoms with Crippen LogP contribution in [0.1, 0.15) is 36.5 Å². The Morgan fingerprint density at radius 3 is 2.44 bits per heavy atom. The van der Waals surface area contributed by atoms with Crippen molar-refractivity contribution in [2.24, 2.45) is 5.92 Å². The summed E-state index contributed by atoms with van der Waals surface area (Å²) in [5, 5.41) is 0. The average molecular weight is 123 g/mol. The van der Waals surface area contributed by atoms with E-state index in [9.17, 15) is 0 Å². The van der Waals surface area contributed by atoms with E-state index in [1.54, 1.807) is 0 Å². The van der Waals surface area contributed by atoms with Crippen molar-refractivity contribution in [1.29, 1.82) is 0 Å². The Morgan fingerprint density at radius 1 is 1.56 bits per heavy atom. The molecule has 1 atom stereocenters. The third-order valence-electron chi connectivity index (χ3n) is 1.26. The fourth-order valence-corrected chi connectivity index (χ4v) is 0.880. The predicted molar refractivity (Wildman–Crippen MR) is 46.9 cm³/mol. The maximum Gasteiger partial charge on any atom is 2.00 e. The van der Waals surface area contributed by atoms with Gasteiger partial charge in [-0.1, -0.05) is 32.4 Å². The maximum atomic E-state index is 2.25. The quantitative estimate of drug-likeness (QED) is 0.400. The molecule has 0 nitrogen and oxygen atoms in total. The van der Waals surface area contributed by atoms with E-state index >= 15 is 0 Å². The molecule has 0 saturated carbocycles. The summed E-state index contributed by atoms with van der Waals surface area (Å²) >= 11 is 0. The normalized spacial score (nSPS) is 13.2. The van der Waals surface area contributed by atoms with Crippen molar-refractivity contribution in [1.82, 2.24) is 0 Å². The molecule has 0 heterocycles. The molecule has 0 saturated heterocycles. The summed E-state index contributed by atoms with van der Waals surface area (Å²) in [5.41, 5.74) is 0. The van der Waals surface area contributed by atoms with Gasteiger partial charge in [0.25, 0.3) is 0 Å². The smallest absolute Gasteiger partial charge is 1.00 e. The van der Waals surface area contributed by atoms with Gasteiger partial charge >= 0.3 is 10.1 Å². The SMILES string of the molecule is C/C=C/C(C)CCC.[Be+2].[H-].[H-]. The predicted octanol–water partition coefficient (Wildman–Crippen LogP) is 2.84. The van der Waals surface area contributed by atoms with Crippen LogP contribution in [0.15, 0.2) is 12.2 Å². The molecule has 0 amide bonds. The summed E-state index contributed by atoms with van der Waals surface area (Å²) in [5.74, 6) is 0.782. The molecule has 1 heteroatoms. The molecule has 52 valence electrons. The van der Waals surface area contributed by atoms with E-state index in [4.69, 9.17) is 0 Å². The van der Waals surface area contributed by atoms with E-state index in [0.29, 0.717) is 0 Å². The fraction of sp³-hybridized carbons (Fsp3) is 0.750. The maximum absolute atomic E-state index is 2.25. The molecule has 0 spiro atoms. The van der Waals surface area contributed by atoms with Crippen molar-refractivity contribution in [3.63, 3.8) is 0 Å². The zero-order chi connectivity index (χ0) is 6.41. The number of hydrogen-bond acceptors (Lipinski definition) is 0. The van der Waals surface area contributed by atoms with E-state index in [2.05, 4.69) is 32.9 Å². The molecule has 1 unspecified atom stereocenters. The van der Waals surface area contributed by atoms with Crippen LogP contribution >= 0.6 is 0 Å². The van der Waals surface area contributed by atoms with Gasteiger partial charge in [-0.25, -0.2) is 0 Å². The van der Waals surface area contributed by atoms with Gasteiger partial charge in [-0.3, -0.25) is 0 Å². The van der Waals surface area contributed by atoms with Crippen LogP contribution in [0.4, 0.5) is 0 Å². The molecular formula is C8H18Be. The summed E-state index contributed by atoms with van der Waals surface area (Å²) in [4.78, 5) is 0. The van der Waals surface area contributed by atoms with Gasteiger partial charge in [-0.05, 0) is 19.3 Å². The van der Waals surface area contributed by atoms with Crippen molar-refractivity contribution in [2.45, 2.75) is 33.6 Å². The summed E-state index contributed by atoms with van der Waals surface area (Å²) in [7, 11) is 0. The Kier molecular flexibility index (Phi) is 10.3. The second-order valence-electron chi connectivity index (χ2n) is 2.29. The molecule has 0 fully saturated rings. The summed E-state index contributed by atoms with van der Waals surface area (Å²) in [6, 6.07) is 0. The zero-order valence-corrected chi connectivity index (χ0v) is 6.85. The summed E-state index contributed by atoms with van der Waals surface area (Å²) in [6.07, 6.45) is 7.00. The molecule has 0 aliphatic rings. The molecule has 0 bridgehead atoms. The van der Waals surface area contributed by atoms with Gasteiger partial charge in [0.1, 0.15) is 0 Å². The van der Waals surface area contributed by atoms with Gasteiger partial charge < -0.3 is 2.85 Å². The van der Waals surface area contributed by atoms with E-state index < -0.39 is 0 Å². The topological polar surface area (TPSA) is 0 Å². The molecule has 0 aliphatic heterocycles. The molecule has 0 rings (SSSR count).